The van der Waals surface area contributed by atoms with Crippen LogP contribution in [-0.4, -0.2) is 23.6 Å². The Balaban J connectivity index is 1.55. The van der Waals surface area contributed by atoms with Crippen LogP contribution in [0.2, 0.25) is 0 Å². The van der Waals surface area contributed by atoms with Crippen molar-refractivity contribution in [3.8, 4) is 6.07 Å². The number of rotatable bonds is 10. The number of para-hydroxylation sites is 1. The van der Waals surface area contributed by atoms with Crippen molar-refractivity contribution in [1.82, 2.24) is 5.32 Å². The molecule has 1 N–H and O–H groups in total. The lowest BCUT2D eigenvalue weighted by molar-refractivity contribution is -0.117. The summed E-state index contributed by atoms with van der Waals surface area (Å²) in [6.45, 7) is 2.58. The number of hydrogen-bond acceptors (Lipinski definition) is 4. The molecule has 0 spiro atoms. The van der Waals surface area contributed by atoms with Gasteiger partial charge < -0.3 is 5.32 Å². The van der Waals surface area contributed by atoms with E-state index in [1.807, 2.05) is 60.7 Å². The monoisotopic (exact) mass is 509 g/mol. The zero-order valence-electron chi connectivity index (χ0n) is 21.0. The van der Waals surface area contributed by atoms with Crippen molar-refractivity contribution in [2.24, 2.45) is 0 Å². The fraction of sp³-hybridized carbons (Fsp3) is 0.258. The molecule has 1 saturated heterocycles. The standard InChI is InChI=1S/C31H31N3O2S/c1-2-3-10-24-15-17-25(18-16-24)21-28-30(36)34(26-13-8-5-9-14-26)31(37-28)27(22-32)29(35)33-20-19-23-11-6-4-7-12-23/h4-9,11-18,28H,2-3,10,19-21H2,1H3,(H,33,35)/b31-27-/t28-/m1/s1. The Hall–Kier alpha value is -3.82. The van der Waals surface area contributed by atoms with Gasteiger partial charge in [0.1, 0.15) is 16.7 Å². The van der Waals surface area contributed by atoms with Crippen LogP contribution in [-0.2, 0) is 28.9 Å². The average Bonchev–Trinajstić information content (AvgIpc) is 3.24. The van der Waals surface area contributed by atoms with Gasteiger partial charge in [-0.2, -0.15) is 5.26 Å². The van der Waals surface area contributed by atoms with E-state index < -0.39 is 11.2 Å². The van der Waals surface area contributed by atoms with Gasteiger partial charge in [-0.25, -0.2) is 0 Å². The van der Waals surface area contributed by atoms with E-state index in [0.29, 0.717) is 30.1 Å². The van der Waals surface area contributed by atoms with Crippen LogP contribution >= 0.6 is 11.8 Å². The van der Waals surface area contributed by atoms with Crippen LogP contribution < -0.4 is 10.2 Å². The van der Waals surface area contributed by atoms with Crippen molar-refractivity contribution in [2.75, 3.05) is 11.4 Å². The van der Waals surface area contributed by atoms with Gasteiger partial charge in [-0.3, -0.25) is 14.5 Å². The number of carbonyl (C=O) groups excluding carboxylic acids is 2. The first kappa shape index (κ1) is 26.2. The van der Waals surface area contributed by atoms with Gasteiger partial charge in [0.05, 0.1) is 5.25 Å². The number of anilines is 1. The first-order valence-electron chi connectivity index (χ1n) is 12.7. The van der Waals surface area contributed by atoms with Crippen molar-refractivity contribution in [3.05, 3.63) is 112 Å². The molecule has 1 fully saturated rings. The van der Waals surface area contributed by atoms with Gasteiger partial charge in [-0.1, -0.05) is 97.9 Å². The summed E-state index contributed by atoms with van der Waals surface area (Å²) in [5, 5.41) is 12.8. The number of nitriles is 1. The lowest BCUT2D eigenvalue weighted by Gasteiger charge is -2.18. The van der Waals surface area contributed by atoms with E-state index in [1.165, 1.54) is 22.2 Å². The van der Waals surface area contributed by atoms with E-state index in [9.17, 15) is 14.9 Å². The Morgan fingerprint density at radius 1 is 0.919 bits per heavy atom. The zero-order chi connectivity index (χ0) is 26.0. The van der Waals surface area contributed by atoms with Crippen LogP contribution in [0.15, 0.2) is 95.5 Å². The van der Waals surface area contributed by atoms with Crippen molar-refractivity contribution < 1.29 is 9.59 Å². The molecule has 6 heteroatoms. The summed E-state index contributed by atoms with van der Waals surface area (Å²) in [6.07, 6.45) is 4.54. The summed E-state index contributed by atoms with van der Waals surface area (Å²) in [6, 6.07) is 29.6. The first-order valence-corrected chi connectivity index (χ1v) is 13.6. The Labute approximate surface area is 223 Å². The predicted molar refractivity (Wildman–Crippen MR) is 150 cm³/mol. The molecule has 3 aromatic carbocycles. The fourth-order valence-corrected chi connectivity index (χ4v) is 5.60. The number of unbranched alkanes of at least 4 members (excludes halogenated alkanes) is 1. The smallest absolute Gasteiger partial charge is 0.264 e. The molecule has 1 aliphatic rings. The summed E-state index contributed by atoms with van der Waals surface area (Å²) in [5.41, 5.74) is 4.07. The number of benzene rings is 3. The van der Waals surface area contributed by atoms with E-state index in [4.69, 9.17) is 0 Å². The van der Waals surface area contributed by atoms with Gasteiger partial charge >= 0.3 is 0 Å². The number of nitrogens with zero attached hydrogens (tertiary/aromatic N) is 2. The van der Waals surface area contributed by atoms with Crippen molar-refractivity contribution in [3.63, 3.8) is 0 Å². The van der Waals surface area contributed by atoms with Crippen LogP contribution in [0, 0.1) is 11.3 Å². The quantitative estimate of drug-likeness (QED) is 0.276. The fourth-order valence-electron chi connectivity index (χ4n) is 4.29. The summed E-state index contributed by atoms with van der Waals surface area (Å²) in [7, 11) is 0. The first-order chi connectivity index (χ1) is 18.1. The van der Waals surface area contributed by atoms with E-state index in [-0.39, 0.29) is 11.5 Å². The second kappa shape index (κ2) is 12.9. The van der Waals surface area contributed by atoms with Crippen LogP contribution in [0.5, 0.6) is 0 Å². The van der Waals surface area contributed by atoms with Gasteiger partial charge in [-0.15, -0.1) is 0 Å². The third-order valence-corrected chi connectivity index (χ3v) is 7.59. The molecule has 0 aliphatic carbocycles. The molecule has 0 radical (unpaired) electrons. The molecule has 5 nitrogen and oxygen atoms in total. The molecular weight excluding hydrogens is 478 g/mol. The van der Waals surface area contributed by atoms with Crippen molar-refractivity contribution in [2.45, 2.75) is 44.3 Å². The molecule has 0 aromatic heterocycles. The largest absolute Gasteiger partial charge is 0.351 e. The third-order valence-electron chi connectivity index (χ3n) is 6.33. The number of hydrogen-bond donors (Lipinski definition) is 1. The third kappa shape index (κ3) is 6.69. The topological polar surface area (TPSA) is 73.2 Å². The Bertz CT molecular complexity index is 1280. The maximum Gasteiger partial charge on any atom is 0.264 e. The summed E-state index contributed by atoms with van der Waals surface area (Å²) >= 11 is 1.30. The number of amides is 2. The van der Waals surface area contributed by atoms with E-state index >= 15 is 0 Å². The molecule has 3 aromatic rings. The van der Waals surface area contributed by atoms with Crippen molar-refractivity contribution >= 4 is 29.3 Å². The van der Waals surface area contributed by atoms with Gasteiger partial charge in [0, 0.05) is 12.2 Å². The normalized spacial score (nSPS) is 16.4. The molecule has 1 aliphatic heterocycles. The van der Waals surface area contributed by atoms with Gasteiger partial charge in [0.2, 0.25) is 5.91 Å². The minimum Gasteiger partial charge on any atom is -0.351 e. The number of aryl methyl sites for hydroxylation is 1. The second-order valence-electron chi connectivity index (χ2n) is 9.02. The maximum absolute atomic E-state index is 13.6. The second-order valence-corrected chi connectivity index (χ2v) is 10.2. The molecule has 188 valence electrons. The Morgan fingerprint density at radius 2 is 1.54 bits per heavy atom. The number of thioether (sulfide) groups is 1. The highest BCUT2D eigenvalue weighted by atomic mass is 32.2. The predicted octanol–water partition coefficient (Wildman–Crippen LogP) is 5.81. The minimum atomic E-state index is -0.462. The highest BCUT2D eigenvalue weighted by Crippen LogP contribution is 2.41. The van der Waals surface area contributed by atoms with Crippen LogP contribution in [0.25, 0.3) is 0 Å². The van der Waals surface area contributed by atoms with Gasteiger partial charge in [0.15, 0.2) is 0 Å². The minimum absolute atomic E-state index is 0.0346. The summed E-state index contributed by atoms with van der Waals surface area (Å²) < 4.78 is 0. The number of carbonyl (C=O) groups is 2. The summed E-state index contributed by atoms with van der Waals surface area (Å²) in [4.78, 5) is 28.2. The number of nitrogens with one attached hydrogen (secondary N) is 1. The van der Waals surface area contributed by atoms with E-state index in [0.717, 1.165) is 30.4 Å². The van der Waals surface area contributed by atoms with Gasteiger partial charge in [0.25, 0.3) is 5.91 Å². The zero-order valence-corrected chi connectivity index (χ0v) is 21.8. The molecule has 4 rings (SSSR count). The van der Waals surface area contributed by atoms with Crippen LogP contribution in [0.3, 0.4) is 0 Å². The van der Waals surface area contributed by atoms with Gasteiger partial charge in [-0.05, 0) is 54.5 Å². The highest BCUT2D eigenvalue weighted by Gasteiger charge is 2.40. The lowest BCUT2D eigenvalue weighted by atomic mass is 10.0. The highest BCUT2D eigenvalue weighted by molar-refractivity contribution is 8.05. The Kier molecular flexibility index (Phi) is 9.18. The maximum atomic E-state index is 13.6. The van der Waals surface area contributed by atoms with E-state index in [2.05, 4.69) is 42.6 Å². The lowest BCUT2D eigenvalue weighted by Crippen LogP contribution is -2.32. The van der Waals surface area contributed by atoms with Crippen LogP contribution in [0.4, 0.5) is 5.69 Å². The molecule has 1 heterocycles. The molecule has 37 heavy (non-hydrogen) atoms. The Morgan fingerprint density at radius 3 is 2.19 bits per heavy atom. The molecule has 0 unspecified atom stereocenters. The average molecular weight is 510 g/mol. The molecular formula is C31H31N3O2S. The van der Waals surface area contributed by atoms with Crippen molar-refractivity contribution in [1.29, 1.82) is 5.26 Å². The van der Waals surface area contributed by atoms with E-state index in [1.54, 1.807) is 0 Å². The van der Waals surface area contributed by atoms with Crippen LogP contribution in [0.1, 0.15) is 36.5 Å². The molecule has 0 saturated carbocycles. The molecule has 0 bridgehead atoms. The summed E-state index contributed by atoms with van der Waals surface area (Å²) in [5.74, 6) is -0.582. The SMILES string of the molecule is CCCCc1ccc(C[C@H]2S/C(=C(/C#N)C(=O)NCCc3ccccc3)N(c3ccccc3)C2=O)cc1. The molecule has 1 atom stereocenters. The molecule has 2 amide bonds.